The van der Waals surface area contributed by atoms with E-state index < -0.39 is 5.97 Å². The second-order valence-corrected chi connectivity index (χ2v) is 2.09. The lowest BCUT2D eigenvalue weighted by atomic mass is 10.2. The average Bonchev–Trinajstić information content (AvgIpc) is 1.87. The normalized spacial score (nSPS) is 12.3. The summed E-state index contributed by atoms with van der Waals surface area (Å²) in [7, 11) is 0. The summed E-state index contributed by atoms with van der Waals surface area (Å²) < 4.78 is 0. The average molecular weight is 143 g/mol. The van der Waals surface area contributed by atoms with Crippen LogP contribution in [-0.4, -0.2) is 17.6 Å². The zero-order chi connectivity index (χ0) is 8.15. The molecule has 0 aliphatic heterocycles. The van der Waals surface area contributed by atoms with Gasteiger partial charge >= 0.3 is 5.97 Å². The maximum atomic E-state index is 10.3. The minimum Gasteiger partial charge on any atom is -0.478 e. The maximum Gasteiger partial charge on any atom is 0.333 e. The number of rotatable bonds is 3. The van der Waals surface area contributed by atoms with E-state index in [1.807, 2.05) is 6.92 Å². The second-order valence-electron chi connectivity index (χ2n) is 2.09. The topological polar surface area (TPSA) is 49.3 Å². The second kappa shape index (κ2) is 3.93. The summed E-state index contributed by atoms with van der Waals surface area (Å²) in [6.45, 7) is 6.03. The van der Waals surface area contributed by atoms with Gasteiger partial charge in [0.15, 0.2) is 0 Å². The van der Waals surface area contributed by atoms with E-state index in [0.29, 0.717) is 5.57 Å². The fraction of sp³-hybridized carbons (Fsp3) is 0.571. The van der Waals surface area contributed by atoms with Gasteiger partial charge in [0.05, 0.1) is 5.57 Å². The maximum absolute atomic E-state index is 10.3. The summed E-state index contributed by atoms with van der Waals surface area (Å²) in [4.78, 5) is 10.3. The quantitative estimate of drug-likeness (QED) is 0.579. The van der Waals surface area contributed by atoms with Crippen molar-refractivity contribution in [1.82, 2.24) is 5.32 Å². The molecule has 0 rings (SSSR count). The third-order valence-corrected chi connectivity index (χ3v) is 1.33. The molecular weight excluding hydrogens is 130 g/mol. The standard InChI is InChI=1S/C7H13NO2/c1-4-8-6(3)5(2)7(9)10/h8H,4H2,1-3H3,(H,9,10). The van der Waals surface area contributed by atoms with Crippen LogP contribution in [0.25, 0.3) is 0 Å². The number of carbonyl (C=O) groups is 1. The summed E-state index contributed by atoms with van der Waals surface area (Å²) >= 11 is 0. The van der Waals surface area contributed by atoms with Gasteiger partial charge in [0.2, 0.25) is 0 Å². The van der Waals surface area contributed by atoms with Crippen molar-refractivity contribution >= 4 is 5.97 Å². The third-order valence-electron chi connectivity index (χ3n) is 1.33. The van der Waals surface area contributed by atoms with Gasteiger partial charge in [-0.1, -0.05) is 0 Å². The van der Waals surface area contributed by atoms with Crippen molar-refractivity contribution in [3.63, 3.8) is 0 Å². The third kappa shape index (κ3) is 2.53. The van der Waals surface area contributed by atoms with E-state index in [1.165, 1.54) is 0 Å². The van der Waals surface area contributed by atoms with Crippen molar-refractivity contribution in [2.24, 2.45) is 0 Å². The number of aliphatic carboxylic acids is 1. The summed E-state index contributed by atoms with van der Waals surface area (Å²) in [6.07, 6.45) is 0. The van der Waals surface area contributed by atoms with Crippen LogP contribution >= 0.6 is 0 Å². The molecule has 0 fully saturated rings. The highest BCUT2D eigenvalue weighted by Gasteiger charge is 2.02. The predicted molar refractivity (Wildman–Crippen MR) is 39.7 cm³/mol. The van der Waals surface area contributed by atoms with Crippen molar-refractivity contribution in [2.75, 3.05) is 6.54 Å². The van der Waals surface area contributed by atoms with E-state index in [4.69, 9.17) is 5.11 Å². The highest BCUT2D eigenvalue weighted by atomic mass is 16.4. The fourth-order valence-electron chi connectivity index (χ4n) is 0.558. The molecule has 0 spiro atoms. The minimum absolute atomic E-state index is 0.377. The summed E-state index contributed by atoms with van der Waals surface area (Å²) in [5, 5.41) is 11.4. The van der Waals surface area contributed by atoms with E-state index in [2.05, 4.69) is 5.32 Å². The van der Waals surface area contributed by atoms with Crippen LogP contribution in [0.2, 0.25) is 0 Å². The highest BCUT2D eigenvalue weighted by Crippen LogP contribution is 1.98. The minimum atomic E-state index is -0.863. The van der Waals surface area contributed by atoms with Crippen LogP contribution in [0.3, 0.4) is 0 Å². The molecule has 0 amide bonds. The number of hydrogen-bond acceptors (Lipinski definition) is 2. The Bertz CT molecular complexity index is 161. The van der Waals surface area contributed by atoms with Crippen LogP contribution in [0.15, 0.2) is 11.3 Å². The Morgan fingerprint density at radius 1 is 1.50 bits per heavy atom. The van der Waals surface area contributed by atoms with Crippen LogP contribution < -0.4 is 5.32 Å². The summed E-state index contributed by atoms with van der Waals surface area (Å²) in [6, 6.07) is 0. The molecule has 0 aromatic carbocycles. The summed E-state index contributed by atoms with van der Waals surface area (Å²) in [5.41, 5.74) is 1.11. The molecule has 0 saturated carbocycles. The Hall–Kier alpha value is -0.990. The molecule has 3 nitrogen and oxygen atoms in total. The molecule has 0 bridgehead atoms. The van der Waals surface area contributed by atoms with Crippen LogP contribution in [0, 0.1) is 0 Å². The molecule has 0 aliphatic carbocycles. The van der Waals surface area contributed by atoms with Gasteiger partial charge in [-0.3, -0.25) is 0 Å². The lowest BCUT2D eigenvalue weighted by Crippen LogP contribution is -2.14. The van der Waals surface area contributed by atoms with Gasteiger partial charge in [-0.05, 0) is 20.8 Å². The van der Waals surface area contributed by atoms with Gasteiger partial charge in [0.1, 0.15) is 0 Å². The Morgan fingerprint density at radius 2 is 2.00 bits per heavy atom. The highest BCUT2D eigenvalue weighted by molar-refractivity contribution is 5.86. The molecule has 0 saturated heterocycles. The van der Waals surface area contributed by atoms with Gasteiger partial charge in [-0.15, -0.1) is 0 Å². The van der Waals surface area contributed by atoms with E-state index >= 15 is 0 Å². The largest absolute Gasteiger partial charge is 0.478 e. The zero-order valence-corrected chi connectivity index (χ0v) is 6.56. The van der Waals surface area contributed by atoms with E-state index in [9.17, 15) is 4.79 Å². The molecule has 58 valence electrons. The van der Waals surface area contributed by atoms with Crippen molar-refractivity contribution in [2.45, 2.75) is 20.8 Å². The lowest BCUT2D eigenvalue weighted by molar-refractivity contribution is -0.132. The Labute approximate surface area is 60.7 Å². The lowest BCUT2D eigenvalue weighted by Gasteiger charge is -2.03. The number of carboxylic acid groups (broad SMARTS) is 1. The number of hydrogen-bond donors (Lipinski definition) is 2. The first kappa shape index (κ1) is 9.01. The number of carboxylic acids is 1. The van der Waals surface area contributed by atoms with Crippen molar-refractivity contribution in [3.05, 3.63) is 11.3 Å². The fourth-order valence-corrected chi connectivity index (χ4v) is 0.558. The molecule has 0 unspecified atom stereocenters. The molecule has 0 radical (unpaired) electrons. The van der Waals surface area contributed by atoms with Gasteiger partial charge in [-0.25, -0.2) is 4.79 Å². The SMILES string of the molecule is CCNC(C)=C(C)C(=O)O. The molecule has 0 aromatic rings. The van der Waals surface area contributed by atoms with Crippen molar-refractivity contribution in [1.29, 1.82) is 0 Å². The van der Waals surface area contributed by atoms with E-state index in [0.717, 1.165) is 12.2 Å². The van der Waals surface area contributed by atoms with Gasteiger partial charge in [0, 0.05) is 12.2 Å². The monoisotopic (exact) mass is 143 g/mol. The Kier molecular flexibility index (Phi) is 3.54. The van der Waals surface area contributed by atoms with Gasteiger partial charge in [0.25, 0.3) is 0 Å². The Balaban J connectivity index is 4.19. The Morgan fingerprint density at radius 3 is 2.30 bits per heavy atom. The van der Waals surface area contributed by atoms with Gasteiger partial charge < -0.3 is 10.4 Å². The molecule has 0 aromatic heterocycles. The number of allylic oxidation sites excluding steroid dienone is 1. The van der Waals surface area contributed by atoms with E-state index in [1.54, 1.807) is 13.8 Å². The van der Waals surface area contributed by atoms with Crippen LogP contribution in [0.4, 0.5) is 0 Å². The summed E-state index contributed by atoms with van der Waals surface area (Å²) in [5.74, 6) is -0.863. The molecule has 0 heterocycles. The molecule has 0 atom stereocenters. The molecular formula is C7H13NO2. The van der Waals surface area contributed by atoms with Gasteiger partial charge in [-0.2, -0.15) is 0 Å². The first-order valence-corrected chi connectivity index (χ1v) is 3.24. The van der Waals surface area contributed by atoms with Crippen LogP contribution in [0.5, 0.6) is 0 Å². The predicted octanol–water partition coefficient (Wildman–Crippen LogP) is 0.974. The van der Waals surface area contributed by atoms with E-state index in [-0.39, 0.29) is 0 Å². The molecule has 2 N–H and O–H groups in total. The first-order valence-electron chi connectivity index (χ1n) is 3.24. The van der Waals surface area contributed by atoms with Crippen molar-refractivity contribution < 1.29 is 9.90 Å². The first-order chi connectivity index (χ1) is 4.59. The molecule has 0 aliphatic rings. The molecule has 3 heteroatoms. The molecule has 10 heavy (non-hydrogen) atoms. The zero-order valence-electron chi connectivity index (χ0n) is 6.56. The smallest absolute Gasteiger partial charge is 0.333 e. The van der Waals surface area contributed by atoms with Crippen LogP contribution in [0.1, 0.15) is 20.8 Å². The van der Waals surface area contributed by atoms with Crippen molar-refractivity contribution in [3.8, 4) is 0 Å². The van der Waals surface area contributed by atoms with Crippen LogP contribution in [-0.2, 0) is 4.79 Å². The number of nitrogens with one attached hydrogen (secondary N) is 1.